The number of hydrogen-bond acceptors (Lipinski definition) is 3. The maximum atomic E-state index is 5.17. The van der Waals surface area contributed by atoms with E-state index in [4.69, 9.17) is 4.84 Å². The Morgan fingerprint density at radius 3 is 2.77 bits per heavy atom. The largest absolute Gasteiger partial charge is 0.390 e. The molecule has 0 N–H and O–H groups in total. The van der Waals surface area contributed by atoms with Gasteiger partial charge in [0, 0.05) is 18.0 Å². The van der Waals surface area contributed by atoms with E-state index in [2.05, 4.69) is 10.1 Å². The Bertz CT molecular complexity index is 275. The van der Waals surface area contributed by atoms with Crippen LogP contribution in [0.2, 0.25) is 0 Å². The lowest BCUT2D eigenvalue weighted by atomic mass is 10.2. The van der Waals surface area contributed by atoms with E-state index < -0.39 is 0 Å². The molecule has 0 saturated heterocycles. The Morgan fingerprint density at radius 2 is 2.23 bits per heavy atom. The van der Waals surface area contributed by atoms with Crippen molar-refractivity contribution in [3.05, 3.63) is 30.1 Å². The van der Waals surface area contributed by atoms with Gasteiger partial charge in [0.15, 0.2) is 0 Å². The lowest BCUT2D eigenvalue weighted by molar-refractivity contribution is 0.00199. The first-order valence-corrected chi connectivity index (χ1v) is 4.19. The monoisotopic (exact) mass is 178 g/mol. The first-order chi connectivity index (χ1) is 6.08. The highest BCUT2D eigenvalue weighted by atomic mass is 16.6. The van der Waals surface area contributed by atoms with Crippen molar-refractivity contribution in [1.29, 1.82) is 0 Å². The minimum absolute atomic E-state index is 0.237. The fourth-order valence-corrected chi connectivity index (χ4v) is 0.698. The molecule has 70 valence electrons. The number of hydrogen-bond donors (Lipinski definition) is 0. The first kappa shape index (κ1) is 9.71. The van der Waals surface area contributed by atoms with E-state index in [-0.39, 0.29) is 5.60 Å². The van der Waals surface area contributed by atoms with E-state index >= 15 is 0 Å². The van der Waals surface area contributed by atoms with Crippen molar-refractivity contribution in [2.45, 2.75) is 26.4 Å². The molecule has 0 aliphatic heterocycles. The van der Waals surface area contributed by atoms with Crippen LogP contribution in [0.4, 0.5) is 0 Å². The summed E-state index contributed by atoms with van der Waals surface area (Å²) in [6.45, 7) is 5.86. The topological polar surface area (TPSA) is 34.5 Å². The molecule has 0 atom stereocenters. The third kappa shape index (κ3) is 4.25. The lowest BCUT2D eigenvalue weighted by Gasteiger charge is -2.14. The Labute approximate surface area is 78.4 Å². The van der Waals surface area contributed by atoms with Gasteiger partial charge in [-0.2, -0.15) is 0 Å². The number of rotatable bonds is 2. The van der Waals surface area contributed by atoms with Crippen LogP contribution in [-0.4, -0.2) is 16.8 Å². The number of aromatic nitrogens is 1. The van der Waals surface area contributed by atoms with E-state index in [1.807, 2.05) is 32.9 Å². The molecule has 3 heteroatoms. The molecule has 1 rings (SSSR count). The minimum atomic E-state index is -0.237. The van der Waals surface area contributed by atoms with Gasteiger partial charge in [0.25, 0.3) is 0 Å². The van der Waals surface area contributed by atoms with Gasteiger partial charge in [-0.3, -0.25) is 4.98 Å². The Morgan fingerprint density at radius 1 is 1.46 bits per heavy atom. The summed E-state index contributed by atoms with van der Waals surface area (Å²) < 4.78 is 0. The first-order valence-electron chi connectivity index (χ1n) is 4.19. The summed E-state index contributed by atoms with van der Waals surface area (Å²) in [7, 11) is 0. The van der Waals surface area contributed by atoms with Gasteiger partial charge in [-0.05, 0) is 26.8 Å². The van der Waals surface area contributed by atoms with Crippen molar-refractivity contribution in [1.82, 2.24) is 4.98 Å². The second kappa shape index (κ2) is 4.03. The molecule has 1 aromatic rings. The van der Waals surface area contributed by atoms with Crippen LogP contribution in [-0.2, 0) is 4.84 Å². The summed E-state index contributed by atoms with van der Waals surface area (Å²) >= 11 is 0. The average Bonchev–Trinajstić information content (AvgIpc) is 2.04. The zero-order valence-corrected chi connectivity index (χ0v) is 8.19. The van der Waals surface area contributed by atoms with Crippen molar-refractivity contribution in [2.75, 3.05) is 0 Å². The summed E-state index contributed by atoms with van der Waals surface area (Å²) in [5.74, 6) is 0. The molecule has 0 bridgehead atoms. The summed E-state index contributed by atoms with van der Waals surface area (Å²) in [5, 5.41) is 3.85. The third-order valence-corrected chi connectivity index (χ3v) is 1.21. The molecular weight excluding hydrogens is 164 g/mol. The maximum absolute atomic E-state index is 5.17. The predicted octanol–water partition coefficient (Wildman–Crippen LogP) is 2.23. The fraction of sp³-hybridized carbons (Fsp3) is 0.400. The second-order valence-corrected chi connectivity index (χ2v) is 3.72. The molecule has 0 aliphatic carbocycles. The molecule has 0 aromatic carbocycles. The molecule has 3 nitrogen and oxygen atoms in total. The van der Waals surface area contributed by atoms with Crippen LogP contribution in [0.5, 0.6) is 0 Å². The van der Waals surface area contributed by atoms with Crippen LogP contribution < -0.4 is 0 Å². The van der Waals surface area contributed by atoms with Crippen molar-refractivity contribution in [3.63, 3.8) is 0 Å². The summed E-state index contributed by atoms with van der Waals surface area (Å²) in [5.41, 5.74) is 0.699. The van der Waals surface area contributed by atoms with Gasteiger partial charge in [-0.25, -0.2) is 0 Å². The summed E-state index contributed by atoms with van der Waals surface area (Å²) in [6.07, 6.45) is 5.11. The molecule has 0 fully saturated rings. The Hall–Kier alpha value is -1.38. The van der Waals surface area contributed by atoms with Crippen LogP contribution in [0.3, 0.4) is 0 Å². The number of pyridine rings is 1. The standard InChI is InChI=1S/C10H14N2O/c1-10(2,3)13-12-8-9-5-4-6-11-7-9/h4-8H,1-3H3/b12-8-. The van der Waals surface area contributed by atoms with Crippen LogP contribution in [0, 0.1) is 0 Å². The van der Waals surface area contributed by atoms with Crippen molar-refractivity contribution in [3.8, 4) is 0 Å². The molecule has 1 aromatic heterocycles. The van der Waals surface area contributed by atoms with Crippen molar-refractivity contribution >= 4 is 6.21 Å². The highest BCUT2D eigenvalue weighted by molar-refractivity contribution is 5.78. The lowest BCUT2D eigenvalue weighted by Crippen LogP contribution is -2.15. The fourth-order valence-electron chi connectivity index (χ4n) is 0.698. The van der Waals surface area contributed by atoms with Crippen LogP contribution in [0.15, 0.2) is 29.7 Å². The molecule has 0 saturated carbocycles. The normalized spacial score (nSPS) is 11.9. The van der Waals surface area contributed by atoms with Gasteiger partial charge in [-0.1, -0.05) is 11.2 Å². The van der Waals surface area contributed by atoms with Gasteiger partial charge in [0.05, 0.1) is 6.21 Å². The predicted molar refractivity (Wildman–Crippen MR) is 52.7 cm³/mol. The molecule has 0 amide bonds. The van der Waals surface area contributed by atoms with Crippen LogP contribution >= 0.6 is 0 Å². The van der Waals surface area contributed by atoms with Gasteiger partial charge >= 0.3 is 0 Å². The molecule has 0 aliphatic rings. The van der Waals surface area contributed by atoms with E-state index in [1.165, 1.54) is 0 Å². The third-order valence-electron chi connectivity index (χ3n) is 1.21. The number of nitrogens with zero attached hydrogens (tertiary/aromatic N) is 2. The second-order valence-electron chi connectivity index (χ2n) is 3.72. The molecule has 0 spiro atoms. The molecular formula is C10H14N2O. The van der Waals surface area contributed by atoms with Gasteiger partial charge in [0.2, 0.25) is 0 Å². The maximum Gasteiger partial charge on any atom is 0.129 e. The number of oxime groups is 1. The van der Waals surface area contributed by atoms with Crippen molar-refractivity contribution in [2.24, 2.45) is 5.16 Å². The van der Waals surface area contributed by atoms with Gasteiger partial charge < -0.3 is 4.84 Å². The average molecular weight is 178 g/mol. The summed E-state index contributed by atoms with van der Waals surface area (Å²) in [4.78, 5) is 9.13. The minimum Gasteiger partial charge on any atom is -0.390 e. The highest BCUT2D eigenvalue weighted by Crippen LogP contribution is 2.06. The SMILES string of the molecule is CC(C)(C)O/N=C\c1cccnc1. The Kier molecular flexibility index (Phi) is 3.01. The van der Waals surface area contributed by atoms with E-state index in [1.54, 1.807) is 18.6 Å². The summed E-state index contributed by atoms with van der Waals surface area (Å²) in [6, 6.07) is 3.78. The van der Waals surface area contributed by atoms with Gasteiger partial charge in [-0.15, -0.1) is 0 Å². The van der Waals surface area contributed by atoms with Crippen LogP contribution in [0.1, 0.15) is 26.3 Å². The molecule has 0 unspecified atom stereocenters. The zero-order chi connectivity index (χ0) is 9.73. The van der Waals surface area contributed by atoms with Crippen molar-refractivity contribution < 1.29 is 4.84 Å². The molecule has 0 radical (unpaired) electrons. The van der Waals surface area contributed by atoms with E-state index in [9.17, 15) is 0 Å². The quantitative estimate of drug-likeness (QED) is 0.514. The van der Waals surface area contributed by atoms with Crippen LogP contribution in [0.25, 0.3) is 0 Å². The van der Waals surface area contributed by atoms with E-state index in [0.717, 1.165) is 5.56 Å². The smallest absolute Gasteiger partial charge is 0.129 e. The molecule has 13 heavy (non-hydrogen) atoms. The highest BCUT2D eigenvalue weighted by Gasteiger charge is 2.08. The zero-order valence-electron chi connectivity index (χ0n) is 8.19. The molecule has 1 heterocycles. The Balaban J connectivity index is 2.51. The van der Waals surface area contributed by atoms with E-state index in [0.29, 0.717) is 0 Å². The van der Waals surface area contributed by atoms with Gasteiger partial charge in [0.1, 0.15) is 5.60 Å².